The maximum absolute atomic E-state index is 10.9. The Hall–Kier alpha value is -1.15. The highest BCUT2D eigenvalue weighted by atomic mass is 16.1. The van der Waals surface area contributed by atoms with Gasteiger partial charge in [0.2, 0.25) is 0 Å². The molecule has 0 spiro atoms. The lowest BCUT2D eigenvalue weighted by Crippen LogP contribution is -2.22. The highest BCUT2D eigenvalue weighted by molar-refractivity contribution is 5.75. The summed E-state index contributed by atoms with van der Waals surface area (Å²) in [7, 11) is 2.13. The zero-order valence-corrected chi connectivity index (χ0v) is 12.8. The molecule has 0 amide bonds. The molecule has 0 heterocycles. The van der Waals surface area contributed by atoms with Crippen molar-refractivity contribution in [3.8, 4) is 0 Å². The average molecular weight is 261 g/mol. The maximum atomic E-state index is 10.9. The van der Waals surface area contributed by atoms with Crippen LogP contribution in [0.2, 0.25) is 0 Å². The first-order valence-corrected chi connectivity index (χ1v) is 7.26. The first-order valence-electron chi connectivity index (χ1n) is 7.26. The number of hydrogen-bond acceptors (Lipinski definition) is 2. The number of nitrogens with zero attached hydrogens (tertiary/aromatic N) is 1. The van der Waals surface area contributed by atoms with E-state index in [2.05, 4.69) is 50.1 Å². The van der Waals surface area contributed by atoms with Gasteiger partial charge in [0, 0.05) is 13.0 Å². The van der Waals surface area contributed by atoms with Crippen molar-refractivity contribution in [3.05, 3.63) is 35.4 Å². The zero-order chi connectivity index (χ0) is 14.3. The van der Waals surface area contributed by atoms with Crippen LogP contribution in [-0.4, -0.2) is 30.8 Å². The maximum Gasteiger partial charge on any atom is 0.129 e. The number of Topliss-reactive ketones (excluding diaryl/α,β-unsaturated/α-hetero) is 1. The van der Waals surface area contributed by atoms with Gasteiger partial charge >= 0.3 is 0 Å². The van der Waals surface area contributed by atoms with Crippen LogP contribution >= 0.6 is 0 Å². The summed E-state index contributed by atoms with van der Waals surface area (Å²) >= 11 is 0. The minimum atomic E-state index is 0.290. The Labute approximate surface area is 117 Å². The van der Waals surface area contributed by atoms with E-state index >= 15 is 0 Å². The van der Waals surface area contributed by atoms with E-state index in [0.717, 1.165) is 25.9 Å². The van der Waals surface area contributed by atoms with Crippen molar-refractivity contribution in [1.82, 2.24) is 4.90 Å². The lowest BCUT2D eigenvalue weighted by Gasteiger charge is -2.16. The Balaban J connectivity index is 2.29. The third kappa shape index (κ3) is 6.53. The van der Waals surface area contributed by atoms with E-state index in [-0.39, 0.29) is 5.78 Å². The molecule has 0 unspecified atom stereocenters. The number of carbonyl (C=O) groups excluding carboxylic acids is 1. The van der Waals surface area contributed by atoms with Gasteiger partial charge in [0.25, 0.3) is 0 Å². The molecule has 1 aromatic rings. The summed E-state index contributed by atoms with van der Waals surface area (Å²) in [6, 6.07) is 8.93. The van der Waals surface area contributed by atoms with Gasteiger partial charge in [-0.15, -0.1) is 0 Å². The smallest absolute Gasteiger partial charge is 0.129 e. The van der Waals surface area contributed by atoms with E-state index in [9.17, 15) is 4.79 Å². The molecule has 0 fully saturated rings. The molecule has 19 heavy (non-hydrogen) atoms. The third-order valence-corrected chi connectivity index (χ3v) is 3.50. The zero-order valence-electron chi connectivity index (χ0n) is 12.8. The normalized spacial score (nSPS) is 11.3. The van der Waals surface area contributed by atoms with Gasteiger partial charge < -0.3 is 9.69 Å². The molecule has 0 atom stereocenters. The molecule has 0 aliphatic carbocycles. The molecule has 0 aromatic heterocycles. The predicted octanol–water partition coefficient (Wildman–Crippen LogP) is 3.65. The lowest BCUT2D eigenvalue weighted by molar-refractivity contribution is -0.117. The fraction of sp³-hybridized carbons (Fsp3) is 0.588. The van der Waals surface area contributed by atoms with E-state index in [1.807, 2.05) is 0 Å². The summed E-state index contributed by atoms with van der Waals surface area (Å²) in [5, 5.41) is 0. The molecular formula is C17H27NO. The number of rotatable bonds is 8. The van der Waals surface area contributed by atoms with E-state index in [0.29, 0.717) is 12.3 Å². The summed E-state index contributed by atoms with van der Waals surface area (Å²) in [5.74, 6) is 0.890. The van der Waals surface area contributed by atoms with Gasteiger partial charge in [-0.3, -0.25) is 0 Å². The Morgan fingerprint density at radius 2 is 1.79 bits per heavy atom. The van der Waals surface area contributed by atoms with Crippen molar-refractivity contribution < 1.29 is 4.79 Å². The Morgan fingerprint density at radius 1 is 1.16 bits per heavy atom. The molecule has 1 aromatic carbocycles. The van der Waals surface area contributed by atoms with E-state index in [1.54, 1.807) is 6.92 Å². The van der Waals surface area contributed by atoms with Gasteiger partial charge in [-0.1, -0.05) is 38.1 Å². The van der Waals surface area contributed by atoms with E-state index in [1.165, 1.54) is 11.1 Å². The topological polar surface area (TPSA) is 20.3 Å². The first-order chi connectivity index (χ1) is 8.99. The predicted molar refractivity (Wildman–Crippen MR) is 81.6 cm³/mol. The summed E-state index contributed by atoms with van der Waals surface area (Å²) in [6.45, 7) is 8.16. The second kappa shape index (κ2) is 8.11. The molecule has 2 nitrogen and oxygen atoms in total. The van der Waals surface area contributed by atoms with Crippen molar-refractivity contribution in [1.29, 1.82) is 0 Å². The first kappa shape index (κ1) is 15.9. The Kier molecular flexibility index (Phi) is 6.79. The summed E-state index contributed by atoms with van der Waals surface area (Å²) in [4.78, 5) is 13.2. The lowest BCUT2D eigenvalue weighted by atomic mass is 10.0. The van der Waals surface area contributed by atoms with Crippen molar-refractivity contribution in [2.24, 2.45) is 0 Å². The summed E-state index contributed by atoms with van der Waals surface area (Å²) < 4.78 is 0. The average Bonchev–Trinajstić information content (AvgIpc) is 2.36. The van der Waals surface area contributed by atoms with Crippen molar-refractivity contribution in [2.75, 3.05) is 20.1 Å². The molecule has 0 radical (unpaired) electrons. The van der Waals surface area contributed by atoms with Gasteiger partial charge in [-0.2, -0.15) is 0 Å². The molecule has 0 saturated carbocycles. The highest BCUT2D eigenvalue weighted by Crippen LogP contribution is 2.15. The van der Waals surface area contributed by atoms with Crippen LogP contribution in [0.4, 0.5) is 0 Å². The second-order valence-corrected chi connectivity index (χ2v) is 5.76. The third-order valence-electron chi connectivity index (χ3n) is 3.50. The molecule has 2 heteroatoms. The molecule has 0 bridgehead atoms. The molecule has 0 aliphatic heterocycles. The number of ketones is 1. The summed E-state index contributed by atoms with van der Waals surface area (Å²) in [5.41, 5.74) is 2.79. The standard InChI is InChI=1S/C17H27NO/c1-14(2)17-9-7-16(8-10-17)11-13-18(4)12-5-6-15(3)19/h7-10,14H,5-6,11-13H2,1-4H3. The van der Waals surface area contributed by atoms with Gasteiger partial charge in [0.1, 0.15) is 5.78 Å². The molecule has 106 valence electrons. The quantitative estimate of drug-likeness (QED) is 0.712. The fourth-order valence-corrected chi connectivity index (χ4v) is 2.10. The van der Waals surface area contributed by atoms with Gasteiger partial charge in [0.05, 0.1) is 0 Å². The molecule has 0 aliphatic rings. The molecule has 1 rings (SSSR count). The van der Waals surface area contributed by atoms with E-state index < -0.39 is 0 Å². The Morgan fingerprint density at radius 3 is 2.32 bits per heavy atom. The van der Waals surface area contributed by atoms with Gasteiger partial charge in [-0.25, -0.2) is 0 Å². The van der Waals surface area contributed by atoms with Crippen LogP contribution in [0.15, 0.2) is 24.3 Å². The largest absolute Gasteiger partial charge is 0.306 e. The highest BCUT2D eigenvalue weighted by Gasteiger charge is 2.02. The number of benzene rings is 1. The van der Waals surface area contributed by atoms with Crippen molar-refractivity contribution in [3.63, 3.8) is 0 Å². The van der Waals surface area contributed by atoms with Crippen LogP contribution < -0.4 is 0 Å². The minimum absolute atomic E-state index is 0.290. The molecule has 0 N–H and O–H groups in total. The molecular weight excluding hydrogens is 234 g/mol. The van der Waals surface area contributed by atoms with Crippen LogP contribution in [0.3, 0.4) is 0 Å². The monoisotopic (exact) mass is 261 g/mol. The van der Waals surface area contributed by atoms with Crippen LogP contribution in [0.25, 0.3) is 0 Å². The van der Waals surface area contributed by atoms with Crippen molar-refractivity contribution >= 4 is 5.78 Å². The van der Waals surface area contributed by atoms with Crippen LogP contribution in [0, 0.1) is 0 Å². The van der Waals surface area contributed by atoms with Gasteiger partial charge in [0.15, 0.2) is 0 Å². The van der Waals surface area contributed by atoms with E-state index in [4.69, 9.17) is 0 Å². The van der Waals surface area contributed by atoms with Gasteiger partial charge in [-0.05, 0) is 50.4 Å². The number of carbonyl (C=O) groups is 1. The SMILES string of the molecule is CC(=O)CCCN(C)CCc1ccc(C(C)C)cc1. The number of hydrogen-bond donors (Lipinski definition) is 0. The summed E-state index contributed by atoms with van der Waals surface area (Å²) in [6.07, 6.45) is 2.75. The fourth-order valence-electron chi connectivity index (χ4n) is 2.10. The van der Waals surface area contributed by atoms with Crippen LogP contribution in [0.5, 0.6) is 0 Å². The number of likely N-dealkylation sites (N-methyl/N-ethyl adjacent to an activating group) is 1. The second-order valence-electron chi connectivity index (χ2n) is 5.76. The Bertz CT molecular complexity index is 381. The van der Waals surface area contributed by atoms with Crippen LogP contribution in [-0.2, 0) is 11.2 Å². The van der Waals surface area contributed by atoms with Crippen molar-refractivity contribution in [2.45, 2.75) is 46.0 Å². The minimum Gasteiger partial charge on any atom is -0.306 e. The van der Waals surface area contributed by atoms with Crippen LogP contribution in [0.1, 0.15) is 50.7 Å². The molecule has 0 saturated heterocycles.